The summed E-state index contributed by atoms with van der Waals surface area (Å²) in [6.45, 7) is 3.04. The van der Waals surface area contributed by atoms with Crippen LogP contribution in [0.15, 0.2) is 5.16 Å². The van der Waals surface area contributed by atoms with Crippen molar-refractivity contribution in [3.63, 3.8) is 0 Å². The normalized spacial score (nSPS) is 14.8. The molecule has 1 aliphatic rings. The van der Waals surface area contributed by atoms with E-state index >= 15 is 0 Å². The molecule has 0 atom stereocenters. The second-order valence-electron chi connectivity index (χ2n) is 5.07. The predicted molar refractivity (Wildman–Crippen MR) is 74.3 cm³/mol. The maximum absolute atomic E-state index is 10.6. The Hall–Kier alpha value is -1.04. The number of aliphatic carboxylic acids is 1. The molecule has 0 aromatic carbocycles. The van der Waals surface area contributed by atoms with Gasteiger partial charge in [0.1, 0.15) is 5.82 Å². The molecular weight excluding hydrogens is 262 g/mol. The third kappa shape index (κ3) is 4.53. The lowest BCUT2D eigenvalue weighted by Gasteiger charge is -2.08. The number of hydrogen-bond acceptors (Lipinski definition) is 4. The van der Waals surface area contributed by atoms with Gasteiger partial charge in [-0.25, -0.2) is 0 Å². The van der Waals surface area contributed by atoms with Crippen LogP contribution in [-0.4, -0.2) is 31.6 Å². The maximum Gasteiger partial charge on any atom is 0.313 e. The maximum atomic E-state index is 10.6. The van der Waals surface area contributed by atoms with Gasteiger partial charge in [-0.05, 0) is 25.2 Å². The van der Waals surface area contributed by atoms with Gasteiger partial charge in [0.05, 0.1) is 5.75 Å². The van der Waals surface area contributed by atoms with Crippen LogP contribution in [-0.2, 0) is 17.8 Å². The zero-order valence-corrected chi connectivity index (χ0v) is 12.2. The van der Waals surface area contributed by atoms with Crippen molar-refractivity contribution in [2.75, 3.05) is 5.75 Å². The van der Waals surface area contributed by atoms with Crippen LogP contribution in [0, 0.1) is 5.92 Å². The molecule has 1 heterocycles. The molecule has 2 rings (SSSR count). The van der Waals surface area contributed by atoms with Gasteiger partial charge in [-0.1, -0.05) is 31.5 Å². The van der Waals surface area contributed by atoms with Gasteiger partial charge in [-0.3, -0.25) is 4.79 Å². The van der Waals surface area contributed by atoms with Crippen LogP contribution < -0.4 is 0 Å². The fourth-order valence-corrected chi connectivity index (χ4v) is 2.83. The highest BCUT2D eigenvalue weighted by Crippen LogP contribution is 2.33. The van der Waals surface area contributed by atoms with Crippen LogP contribution in [0.1, 0.15) is 44.9 Å². The van der Waals surface area contributed by atoms with Gasteiger partial charge in [-0.2, -0.15) is 0 Å². The number of rotatable bonds is 9. The van der Waals surface area contributed by atoms with Gasteiger partial charge in [-0.15, -0.1) is 10.2 Å². The molecule has 0 spiro atoms. The van der Waals surface area contributed by atoms with Crippen molar-refractivity contribution in [1.29, 1.82) is 0 Å². The first kappa shape index (κ1) is 14.4. The minimum Gasteiger partial charge on any atom is -0.481 e. The van der Waals surface area contributed by atoms with Crippen LogP contribution in [0.4, 0.5) is 0 Å². The SMILES string of the molecule is CCCc1nnc(SCC(=O)O)n1CCCC1CC1. The summed E-state index contributed by atoms with van der Waals surface area (Å²) >= 11 is 1.27. The van der Waals surface area contributed by atoms with E-state index in [4.69, 9.17) is 5.11 Å². The van der Waals surface area contributed by atoms with E-state index in [0.717, 1.165) is 42.7 Å². The van der Waals surface area contributed by atoms with E-state index in [2.05, 4.69) is 21.7 Å². The Bertz CT molecular complexity index is 430. The molecule has 1 aliphatic carbocycles. The molecule has 0 radical (unpaired) electrons. The topological polar surface area (TPSA) is 68.0 Å². The van der Waals surface area contributed by atoms with E-state index < -0.39 is 5.97 Å². The quantitative estimate of drug-likeness (QED) is 0.705. The fourth-order valence-electron chi connectivity index (χ4n) is 2.13. The number of carbonyl (C=O) groups is 1. The zero-order valence-electron chi connectivity index (χ0n) is 11.3. The molecule has 1 saturated carbocycles. The summed E-state index contributed by atoms with van der Waals surface area (Å²) in [6.07, 6.45) is 7.11. The second kappa shape index (κ2) is 6.93. The lowest BCUT2D eigenvalue weighted by molar-refractivity contribution is -0.133. The summed E-state index contributed by atoms with van der Waals surface area (Å²) in [7, 11) is 0. The van der Waals surface area contributed by atoms with Gasteiger partial charge < -0.3 is 9.67 Å². The average Bonchev–Trinajstić information content (AvgIpc) is 3.11. The van der Waals surface area contributed by atoms with Crippen molar-refractivity contribution in [3.8, 4) is 0 Å². The predicted octanol–water partition coefficient (Wildman–Crippen LogP) is 2.60. The van der Waals surface area contributed by atoms with Crippen molar-refractivity contribution in [2.45, 2.75) is 57.1 Å². The summed E-state index contributed by atoms with van der Waals surface area (Å²) < 4.78 is 2.11. The molecule has 1 N–H and O–H groups in total. The summed E-state index contributed by atoms with van der Waals surface area (Å²) in [6, 6.07) is 0. The van der Waals surface area contributed by atoms with Gasteiger partial charge >= 0.3 is 5.97 Å². The highest BCUT2D eigenvalue weighted by Gasteiger charge is 2.21. The summed E-state index contributed by atoms with van der Waals surface area (Å²) in [5, 5.41) is 17.8. The number of carboxylic acids is 1. The number of aromatic nitrogens is 3. The Morgan fingerprint density at radius 3 is 2.89 bits per heavy atom. The molecule has 0 aliphatic heterocycles. The van der Waals surface area contributed by atoms with Crippen molar-refractivity contribution < 1.29 is 9.90 Å². The minimum atomic E-state index is -0.811. The Kier molecular flexibility index (Phi) is 5.24. The minimum absolute atomic E-state index is 0.0485. The van der Waals surface area contributed by atoms with Crippen LogP contribution in [0.25, 0.3) is 0 Å². The van der Waals surface area contributed by atoms with Gasteiger partial charge in [0.2, 0.25) is 0 Å². The van der Waals surface area contributed by atoms with Gasteiger partial charge in [0.25, 0.3) is 0 Å². The molecule has 106 valence electrons. The molecule has 0 amide bonds. The molecule has 1 aromatic heterocycles. The Labute approximate surface area is 117 Å². The average molecular weight is 283 g/mol. The van der Waals surface area contributed by atoms with Crippen LogP contribution in [0.5, 0.6) is 0 Å². The van der Waals surface area contributed by atoms with Crippen LogP contribution >= 0.6 is 11.8 Å². The zero-order chi connectivity index (χ0) is 13.7. The van der Waals surface area contributed by atoms with Crippen molar-refractivity contribution >= 4 is 17.7 Å². The first-order chi connectivity index (χ1) is 9.20. The van der Waals surface area contributed by atoms with Crippen molar-refractivity contribution in [1.82, 2.24) is 14.8 Å². The smallest absolute Gasteiger partial charge is 0.313 e. The first-order valence-corrected chi connectivity index (χ1v) is 7.96. The Morgan fingerprint density at radius 2 is 2.26 bits per heavy atom. The Morgan fingerprint density at radius 1 is 1.47 bits per heavy atom. The molecule has 0 bridgehead atoms. The second-order valence-corrected chi connectivity index (χ2v) is 6.01. The molecule has 19 heavy (non-hydrogen) atoms. The van der Waals surface area contributed by atoms with E-state index in [1.165, 1.54) is 31.0 Å². The van der Waals surface area contributed by atoms with Crippen LogP contribution in [0.2, 0.25) is 0 Å². The molecule has 0 saturated heterocycles. The van der Waals surface area contributed by atoms with Gasteiger partial charge in [0.15, 0.2) is 5.16 Å². The number of aryl methyl sites for hydroxylation is 1. The fraction of sp³-hybridized carbons (Fsp3) is 0.769. The lowest BCUT2D eigenvalue weighted by Crippen LogP contribution is -2.07. The molecule has 0 unspecified atom stereocenters. The third-order valence-corrected chi connectivity index (χ3v) is 4.23. The first-order valence-electron chi connectivity index (χ1n) is 6.97. The molecule has 5 nitrogen and oxygen atoms in total. The lowest BCUT2D eigenvalue weighted by atomic mass is 10.2. The monoisotopic (exact) mass is 283 g/mol. The van der Waals surface area contributed by atoms with Crippen molar-refractivity contribution in [2.24, 2.45) is 5.92 Å². The van der Waals surface area contributed by atoms with E-state index in [1.54, 1.807) is 0 Å². The van der Waals surface area contributed by atoms with Gasteiger partial charge in [0, 0.05) is 13.0 Å². The molecular formula is C13H21N3O2S. The van der Waals surface area contributed by atoms with E-state index in [-0.39, 0.29) is 5.75 Å². The number of nitrogens with zero attached hydrogens (tertiary/aromatic N) is 3. The standard InChI is InChI=1S/C13H21N3O2S/c1-2-4-11-14-15-13(19-9-12(17)18)16(11)8-3-5-10-6-7-10/h10H,2-9H2,1H3,(H,17,18). The highest BCUT2D eigenvalue weighted by atomic mass is 32.2. The number of hydrogen-bond donors (Lipinski definition) is 1. The molecule has 1 fully saturated rings. The van der Waals surface area contributed by atoms with Crippen molar-refractivity contribution in [3.05, 3.63) is 5.82 Å². The number of carboxylic acid groups (broad SMARTS) is 1. The third-order valence-electron chi connectivity index (χ3n) is 3.28. The largest absolute Gasteiger partial charge is 0.481 e. The summed E-state index contributed by atoms with van der Waals surface area (Å²) in [5.41, 5.74) is 0. The Balaban J connectivity index is 1.96. The summed E-state index contributed by atoms with van der Waals surface area (Å²) in [4.78, 5) is 10.6. The molecule has 6 heteroatoms. The number of thioether (sulfide) groups is 1. The van der Waals surface area contributed by atoms with E-state index in [0.29, 0.717) is 0 Å². The molecule has 1 aromatic rings. The van der Waals surface area contributed by atoms with E-state index in [9.17, 15) is 4.79 Å². The van der Waals surface area contributed by atoms with Crippen LogP contribution in [0.3, 0.4) is 0 Å². The highest BCUT2D eigenvalue weighted by molar-refractivity contribution is 7.99. The van der Waals surface area contributed by atoms with E-state index in [1.807, 2.05) is 0 Å². The summed E-state index contributed by atoms with van der Waals surface area (Å²) in [5.74, 6) is 1.16.